The van der Waals surface area contributed by atoms with Crippen LogP contribution in [0.25, 0.3) is 28.2 Å². The average molecular weight is 365 g/mol. The molecule has 0 bridgehead atoms. The SMILES string of the molecule is Cc1nc(C2=CNCC2)c2nc(-c3cccc(Cl)c3)cc-2[nH]1.Cl.O. The second-order valence-electron chi connectivity index (χ2n) is 5.46. The van der Waals surface area contributed by atoms with Gasteiger partial charge in [0.25, 0.3) is 0 Å². The van der Waals surface area contributed by atoms with Crippen LogP contribution in [0.2, 0.25) is 5.02 Å². The molecular formula is C17H18Cl2N4O. The van der Waals surface area contributed by atoms with E-state index < -0.39 is 0 Å². The van der Waals surface area contributed by atoms with Crippen LogP contribution in [0.15, 0.2) is 36.5 Å². The van der Waals surface area contributed by atoms with Crippen LogP contribution in [0.4, 0.5) is 0 Å². The molecule has 0 aliphatic carbocycles. The highest BCUT2D eigenvalue weighted by molar-refractivity contribution is 6.30. The van der Waals surface area contributed by atoms with Crippen molar-refractivity contribution in [3.8, 4) is 22.6 Å². The maximum atomic E-state index is 6.09. The van der Waals surface area contributed by atoms with Crippen molar-refractivity contribution in [1.82, 2.24) is 20.3 Å². The lowest BCUT2D eigenvalue weighted by Gasteiger charge is -2.08. The number of rotatable bonds is 2. The number of hydrogen-bond donors (Lipinski definition) is 2. The minimum absolute atomic E-state index is 0. The van der Waals surface area contributed by atoms with Crippen LogP contribution in [-0.2, 0) is 0 Å². The summed E-state index contributed by atoms with van der Waals surface area (Å²) in [6.45, 7) is 2.93. The van der Waals surface area contributed by atoms with E-state index >= 15 is 0 Å². The van der Waals surface area contributed by atoms with Crippen molar-refractivity contribution < 1.29 is 5.48 Å². The van der Waals surface area contributed by atoms with E-state index in [0.29, 0.717) is 5.02 Å². The second kappa shape index (κ2) is 7.21. The molecule has 0 saturated heterocycles. The van der Waals surface area contributed by atoms with Gasteiger partial charge in [0, 0.05) is 23.3 Å². The molecule has 4 rings (SSSR count). The van der Waals surface area contributed by atoms with Crippen LogP contribution in [-0.4, -0.2) is 27.0 Å². The Kier molecular flexibility index (Phi) is 5.49. The lowest BCUT2D eigenvalue weighted by atomic mass is 10.1. The molecule has 7 heteroatoms. The van der Waals surface area contributed by atoms with E-state index in [1.54, 1.807) is 0 Å². The summed E-state index contributed by atoms with van der Waals surface area (Å²) in [5, 5.41) is 3.96. The van der Waals surface area contributed by atoms with Crippen LogP contribution in [0.5, 0.6) is 0 Å². The van der Waals surface area contributed by atoms with Gasteiger partial charge in [0.1, 0.15) is 11.5 Å². The normalized spacial score (nSPS) is 13.0. The smallest absolute Gasteiger partial charge is 0.113 e. The van der Waals surface area contributed by atoms with Crippen LogP contribution >= 0.6 is 24.0 Å². The fourth-order valence-corrected chi connectivity index (χ4v) is 3.01. The van der Waals surface area contributed by atoms with Crippen LogP contribution in [0, 0.1) is 6.92 Å². The largest absolute Gasteiger partial charge is 0.412 e. The zero-order valence-corrected chi connectivity index (χ0v) is 14.6. The van der Waals surface area contributed by atoms with Crippen molar-refractivity contribution in [2.75, 3.05) is 6.54 Å². The molecule has 3 aliphatic rings. The Hall–Kier alpha value is -2.08. The number of halogens is 2. The molecule has 0 saturated carbocycles. The summed E-state index contributed by atoms with van der Waals surface area (Å²) in [6.07, 6.45) is 3.01. The van der Waals surface area contributed by atoms with Gasteiger partial charge in [-0.05, 0) is 37.1 Å². The molecule has 0 amide bonds. The first-order valence-electron chi connectivity index (χ1n) is 7.27. The average Bonchev–Trinajstić information content (AvgIpc) is 3.15. The van der Waals surface area contributed by atoms with Gasteiger partial charge in [-0.25, -0.2) is 9.97 Å². The highest BCUT2D eigenvalue weighted by Gasteiger charge is 2.21. The minimum atomic E-state index is 0. The lowest BCUT2D eigenvalue weighted by Crippen LogP contribution is -2.00. The van der Waals surface area contributed by atoms with Gasteiger partial charge in [0.2, 0.25) is 0 Å². The number of aromatic amines is 1. The third-order valence-electron chi connectivity index (χ3n) is 3.83. The predicted molar refractivity (Wildman–Crippen MR) is 99.6 cm³/mol. The maximum Gasteiger partial charge on any atom is 0.113 e. The molecule has 126 valence electrons. The number of fused-ring (bicyclic) bond motifs is 1. The van der Waals surface area contributed by atoms with Crippen LogP contribution < -0.4 is 5.32 Å². The van der Waals surface area contributed by atoms with E-state index in [1.165, 1.54) is 5.57 Å². The van der Waals surface area contributed by atoms with Gasteiger partial charge >= 0.3 is 0 Å². The highest BCUT2D eigenvalue weighted by Crippen LogP contribution is 2.34. The molecule has 0 radical (unpaired) electrons. The molecule has 4 N–H and O–H groups in total. The zero-order chi connectivity index (χ0) is 15.1. The monoisotopic (exact) mass is 364 g/mol. The Labute approximate surface area is 151 Å². The Morgan fingerprint density at radius 1 is 1.12 bits per heavy atom. The molecule has 3 heterocycles. The van der Waals surface area contributed by atoms with Crippen molar-refractivity contribution in [1.29, 1.82) is 0 Å². The standard InChI is InChI=1S/C17H15ClN4.ClH.H2O/c1-10-20-15-8-14(11-3-2-4-13(18)7-11)22-17(15)16(21-10)12-5-6-19-9-12;;/h2-4,7-9,19H,5-6H2,1H3,(H,20,21);1H;1H2. The van der Waals surface area contributed by atoms with Gasteiger partial charge in [-0.15, -0.1) is 12.4 Å². The summed E-state index contributed by atoms with van der Waals surface area (Å²) in [4.78, 5) is 12.7. The van der Waals surface area contributed by atoms with Gasteiger partial charge in [-0.2, -0.15) is 0 Å². The first kappa shape index (κ1) is 18.3. The molecule has 24 heavy (non-hydrogen) atoms. The van der Waals surface area contributed by atoms with Crippen molar-refractivity contribution >= 4 is 29.6 Å². The summed E-state index contributed by atoms with van der Waals surface area (Å²) in [5.41, 5.74) is 6.01. The van der Waals surface area contributed by atoms with Gasteiger partial charge < -0.3 is 15.8 Å². The minimum Gasteiger partial charge on any atom is -0.412 e. The van der Waals surface area contributed by atoms with E-state index in [4.69, 9.17) is 16.6 Å². The van der Waals surface area contributed by atoms with Crippen molar-refractivity contribution in [2.24, 2.45) is 0 Å². The quantitative estimate of drug-likeness (QED) is 0.729. The van der Waals surface area contributed by atoms with Crippen molar-refractivity contribution in [3.05, 3.63) is 53.1 Å². The number of nitrogens with zero attached hydrogens (tertiary/aromatic N) is 2. The number of nitrogens with one attached hydrogen (secondary N) is 2. The Balaban J connectivity index is 0.00000104. The first-order valence-corrected chi connectivity index (χ1v) is 7.64. The number of aromatic nitrogens is 3. The second-order valence-corrected chi connectivity index (χ2v) is 5.89. The van der Waals surface area contributed by atoms with Crippen molar-refractivity contribution in [3.63, 3.8) is 0 Å². The molecule has 1 aromatic rings. The summed E-state index contributed by atoms with van der Waals surface area (Å²) < 4.78 is 0. The molecule has 0 aromatic heterocycles. The predicted octanol–water partition coefficient (Wildman–Crippen LogP) is 3.47. The Morgan fingerprint density at radius 3 is 2.67 bits per heavy atom. The Bertz CT molecular complexity index is 860. The number of benzene rings is 1. The van der Waals surface area contributed by atoms with E-state index in [9.17, 15) is 0 Å². The van der Waals surface area contributed by atoms with Crippen LogP contribution in [0.1, 0.15) is 17.9 Å². The third kappa shape index (κ3) is 3.24. The van der Waals surface area contributed by atoms with E-state index in [-0.39, 0.29) is 17.9 Å². The fraction of sp³-hybridized carbons (Fsp3) is 0.176. The van der Waals surface area contributed by atoms with Gasteiger partial charge in [-0.1, -0.05) is 23.7 Å². The molecule has 5 nitrogen and oxygen atoms in total. The third-order valence-corrected chi connectivity index (χ3v) is 4.06. The molecule has 3 aliphatic heterocycles. The Morgan fingerprint density at radius 2 is 1.96 bits per heavy atom. The number of aryl methyl sites for hydroxylation is 1. The topological polar surface area (TPSA) is 85.1 Å². The number of H-pyrrole nitrogens is 1. The van der Waals surface area contributed by atoms with Crippen LogP contribution in [0.3, 0.4) is 0 Å². The molecular weight excluding hydrogens is 347 g/mol. The molecule has 0 fully saturated rings. The maximum absolute atomic E-state index is 6.09. The van der Waals surface area contributed by atoms with E-state index in [0.717, 1.165) is 47.1 Å². The summed E-state index contributed by atoms with van der Waals surface area (Å²) in [5.74, 6) is 0.889. The molecule has 0 unspecified atom stereocenters. The summed E-state index contributed by atoms with van der Waals surface area (Å²) in [7, 11) is 0. The highest BCUT2D eigenvalue weighted by atomic mass is 35.5. The summed E-state index contributed by atoms with van der Waals surface area (Å²) in [6, 6.07) is 9.81. The number of hydrogen-bond acceptors (Lipinski definition) is 3. The van der Waals surface area contributed by atoms with E-state index in [2.05, 4.69) is 21.4 Å². The van der Waals surface area contributed by atoms with Crippen molar-refractivity contribution in [2.45, 2.75) is 13.3 Å². The van der Waals surface area contributed by atoms with Gasteiger partial charge in [0.15, 0.2) is 0 Å². The fourth-order valence-electron chi connectivity index (χ4n) is 2.82. The summed E-state index contributed by atoms with van der Waals surface area (Å²) >= 11 is 6.09. The van der Waals surface area contributed by atoms with Gasteiger partial charge in [-0.3, -0.25) is 0 Å². The molecule has 0 spiro atoms. The van der Waals surface area contributed by atoms with Gasteiger partial charge in [0.05, 0.1) is 17.1 Å². The zero-order valence-electron chi connectivity index (χ0n) is 13.1. The van der Waals surface area contributed by atoms with E-state index in [1.807, 2.05) is 37.4 Å². The lowest BCUT2D eigenvalue weighted by molar-refractivity contribution is 0.824. The molecule has 1 aromatic carbocycles. The molecule has 0 atom stereocenters. The first-order chi connectivity index (χ1) is 10.7.